The van der Waals surface area contributed by atoms with E-state index in [0.29, 0.717) is 6.61 Å². The van der Waals surface area contributed by atoms with Crippen molar-refractivity contribution in [3.8, 4) is 0 Å². The van der Waals surface area contributed by atoms with E-state index >= 15 is 0 Å². The van der Waals surface area contributed by atoms with Crippen LogP contribution < -0.4 is 10.6 Å². The number of aromatic nitrogens is 2. The molecule has 1 unspecified atom stereocenters. The molecule has 2 N–H and O–H groups in total. The van der Waals surface area contributed by atoms with Crippen LogP contribution in [0.15, 0.2) is 24.5 Å². The van der Waals surface area contributed by atoms with Gasteiger partial charge in [0.25, 0.3) is 0 Å². The summed E-state index contributed by atoms with van der Waals surface area (Å²) in [6.45, 7) is 6.24. The maximum Gasteiger partial charge on any atom is 0.353 e. The van der Waals surface area contributed by atoms with Crippen LogP contribution in [-0.4, -0.2) is 34.6 Å². The predicted molar refractivity (Wildman–Crippen MR) is 92.8 cm³/mol. The maximum absolute atomic E-state index is 11.5. The van der Waals surface area contributed by atoms with Gasteiger partial charge in [0.15, 0.2) is 0 Å². The van der Waals surface area contributed by atoms with Crippen LogP contribution in [0, 0.1) is 24.0 Å². The number of hydrogen-bond acceptors (Lipinski definition) is 7. The molecule has 2 rings (SSSR count). The number of nitro groups is 1. The standard InChI is InChI=1S/C16H21N5O3/c1-10-5-6-13(7-11(10)2)20-16-14(21(22)23)15(17-9-18-16)19-12(3)8-24-4/h5-7,9,12H,8H2,1-4H3,(H2,17,18,19,20). The summed E-state index contributed by atoms with van der Waals surface area (Å²) in [5.41, 5.74) is 2.77. The van der Waals surface area contributed by atoms with Crippen molar-refractivity contribution in [2.45, 2.75) is 26.8 Å². The first kappa shape index (κ1) is 17.6. The van der Waals surface area contributed by atoms with Crippen molar-refractivity contribution in [1.82, 2.24) is 9.97 Å². The lowest BCUT2D eigenvalue weighted by Gasteiger charge is -2.14. The number of rotatable bonds is 7. The molecule has 8 nitrogen and oxygen atoms in total. The van der Waals surface area contributed by atoms with Crippen LogP contribution in [0.2, 0.25) is 0 Å². The van der Waals surface area contributed by atoms with Crippen LogP contribution in [-0.2, 0) is 4.74 Å². The summed E-state index contributed by atoms with van der Waals surface area (Å²) in [5.74, 6) is 0.302. The van der Waals surface area contributed by atoms with Gasteiger partial charge in [0.05, 0.1) is 11.5 Å². The fraction of sp³-hybridized carbons (Fsp3) is 0.375. The van der Waals surface area contributed by atoms with E-state index in [1.807, 2.05) is 39.0 Å². The third kappa shape index (κ3) is 4.17. The molecular formula is C16H21N5O3. The molecule has 0 aliphatic heterocycles. The van der Waals surface area contributed by atoms with E-state index in [9.17, 15) is 10.1 Å². The van der Waals surface area contributed by atoms with E-state index in [4.69, 9.17) is 4.74 Å². The largest absolute Gasteiger partial charge is 0.383 e. The van der Waals surface area contributed by atoms with E-state index in [2.05, 4.69) is 20.6 Å². The third-order valence-electron chi connectivity index (χ3n) is 3.57. The molecule has 1 aromatic heterocycles. The average Bonchev–Trinajstić information content (AvgIpc) is 2.51. The summed E-state index contributed by atoms with van der Waals surface area (Å²) >= 11 is 0. The highest BCUT2D eigenvalue weighted by Crippen LogP contribution is 2.31. The van der Waals surface area contributed by atoms with Crippen molar-refractivity contribution < 1.29 is 9.66 Å². The molecule has 0 saturated carbocycles. The zero-order valence-corrected chi connectivity index (χ0v) is 14.2. The van der Waals surface area contributed by atoms with Gasteiger partial charge in [0, 0.05) is 18.8 Å². The lowest BCUT2D eigenvalue weighted by Crippen LogP contribution is -2.22. The van der Waals surface area contributed by atoms with Crippen molar-refractivity contribution in [3.05, 3.63) is 45.8 Å². The molecule has 0 bridgehead atoms. The molecule has 0 fully saturated rings. The molecule has 8 heteroatoms. The molecule has 0 amide bonds. The van der Waals surface area contributed by atoms with Crippen LogP contribution in [0.1, 0.15) is 18.1 Å². The minimum atomic E-state index is -0.495. The minimum Gasteiger partial charge on any atom is -0.383 e. The van der Waals surface area contributed by atoms with Gasteiger partial charge in [-0.15, -0.1) is 0 Å². The second-order valence-electron chi connectivity index (χ2n) is 5.60. The lowest BCUT2D eigenvalue weighted by atomic mass is 10.1. The summed E-state index contributed by atoms with van der Waals surface area (Å²) < 4.78 is 5.04. The molecule has 24 heavy (non-hydrogen) atoms. The van der Waals surface area contributed by atoms with E-state index < -0.39 is 4.92 Å². The Hall–Kier alpha value is -2.74. The smallest absolute Gasteiger partial charge is 0.353 e. The van der Waals surface area contributed by atoms with Crippen LogP contribution in [0.5, 0.6) is 0 Å². The van der Waals surface area contributed by atoms with Crippen molar-refractivity contribution >= 4 is 23.0 Å². The van der Waals surface area contributed by atoms with E-state index in [1.165, 1.54) is 6.33 Å². The van der Waals surface area contributed by atoms with Crippen molar-refractivity contribution in [2.75, 3.05) is 24.4 Å². The van der Waals surface area contributed by atoms with Crippen LogP contribution >= 0.6 is 0 Å². The number of hydrogen-bond donors (Lipinski definition) is 2. The monoisotopic (exact) mass is 331 g/mol. The Balaban J connectivity index is 2.35. The summed E-state index contributed by atoms with van der Waals surface area (Å²) in [4.78, 5) is 19.0. The first-order valence-corrected chi connectivity index (χ1v) is 7.51. The molecule has 2 aromatic rings. The second kappa shape index (κ2) is 7.69. The lowest BCUT2D eigenvalue weighted by molar-refractivity contribution is -0.383. The molecule has 128 valence electrons. The molecule has 0 saturated heterocycles. The highest BCUT2D eigenvalue weighted by atomic mass is 16.6. The zero-order valence-electron chi connectivity index (χ0n) is 14.2. The normalized spacial score (nSPS) is 11.8. The van der Waals surface area contributed by atoms with Crippen molar-refractivity contribution in [1.29, 1.82) is 0 Å². The first-order chi connectivity index (χ1) is 11.4. The van der Waals surface area contributed by atoms with Gasteiger partial charge in [-0.1, -0.05) is 6.07 Å². The summed E-state index contributed by atoms with van der Waals surface area (Å²) in [7, 11) is 1.57. The van der Waals surface area contributed by atoms with Crippen LogP contribution in [0.3, 0.4) is 0 Å². The van der Waals surface area contributed by atoms with E-state index in [1.54, 1.807) is 7.11 Å². The Bertz CT molecular complexity index is 736. The second-order valence-corrected chi connectivity index (χ2v) is 5.60. The fourth-order valence-electron chi connectivity index (χ4n) is 2.23. The molecule has 1 heterocycles. The average molecular weight is 331 g/mol. The number of nitrogens with one attached hydrogen (secondary N) is 2. The summed E-state index contributed by atoms with van der Waals surface area (Å²) in [5, 5.41) is 17.5. The van der Waals surface area contributed by atoms with E-state index in [0.717, 1.165) is 16.8 Å². The Labute approximate surface area is 140 Å². The molecule has 0 aliphatic rings. The Morgan fingerprint density at radius 2 is 1.96 bits per heavy atom. The number of anilines is 3. The van der Waals surface area contributed by atoms with Gasteiger partial charge in [0.2, 0.25) is 11.6 Å². The summed E-state index contributed by atoms with van der Waals surface area (Å²) in [6.07, 6.45) is 1.29. The third-order valence-corrected chi connectivity index (χ3v) is 3.57. The topological polar surface area (TPSA) is 102 Å². The van der Waals surface area contributed by atoms with Gasteiger partial charge < -0.3 is 15.4 Å². The number of nitrogens with zero attached hydrogens (tertiary/aromatic N) is 3. The zero-order chi connectivity index (χ0) is 17.7. The van der Waals surface area contributed by atoms with Gasteiger partial charge in [-0.25, -0.2) is 9.97 Å². The van der Waals surface area contributed by atoms with Gasteiger partial charge in [0.1, 0.15) is 6.33 Å². The number of ether oxygens (including phenoxy) is 1. The van der Waals surface area contributed by atoms with Gasteiger partial charge in [-0.05, 0) is 44.0 Å². The van der Waals surface area contributed by atoms with E-state index in [-0.39, 0.29) is 23.4 Å². The molecule has 0 aliphatic carbocycles. The highest BCUT2D eigenvalue weighted by Gasteiger charge is 2.24. The van der Waals surface area contributed by atoms with Gasteiger partial charge in [-0.3, -0.25) is 10.1 Å². The maximum atomic E-state index is 11.5. The number of benzene rings is 1. The predicted octanol–water partition coefficient (Wildman–Crippen LogP) is 3.19. The highest BCUT2D eigenvalue weighted by molar-refractivity contribution is 5.74. The van der Waals surface area contributed by atoms with Crippen molar-refractivity contribution in [2.24, 2.45) is 0 Å². The Kier molecular flexibility index (Phi) is 5.64. The van der Waals surface area contributed by atoms with Gasteiger partial charge >= 0.3 is 5.69 Å². The minimum absolute atomic E-state index is 0.127. The fourth-order valence-corrected chi connectivity index (χ4v) is 2.23. The van der Waals surface area contributed by atoms with Gasteiger partial charge in [-0.2, -0.15) is 0 Å². The molecular weight excluding hydrogens is 310 g/mol. The summed E-state index contributed by atoms with van der Waals surface area (Å²) in [6, 6.07) is 5.60. The van der Waals surface area contributed by atoms with Crippen LogP contribution in [0.25, 0.3) is 0 Å². The van der Waals surface area contributed by atoms with Crippen LogP contribution in [0.4, 0.5) is 23.0 Å². The quantitative estimate of drug-likeness (QED) is 0.593. The first-order valence-electron chi connectivity index (χ1n) is 7.51. The number of aryl methyl sites for hydroxylation is 2. The molecule has 0 spiro atoms. The molecule has 0 radical (unpaired) electrons. The Morgan fingerprint density at radius 3 is 2.58 bits per heavy atom. The molecule has 1 atom stereocenters. The molecule has 1 aromatic carbocycles. The van der Waals surface area contributed by atoms with Crippen molar-refractivity contribution in [3.63, 3.8) is 0 Å². The Morgan fingerprint density at radius 1 is 1.25 bits per heavy atom. The number of methoxy groups -OCH3 is 1. The SMILES string of the molecule is COCC(C)Nc1ncnc(Nc2ccc(C)c(C)c2)c1[N+](=O)[O-].